The van der Waals surface area contributed by atoms with Crippen LogP contribution in [0.15, 0.2) is 30.3 Å². The van der Waals surface area contributed by atoms with Gasteiger partial charge >= 0.3 is 0 Å². The first-order valence-electron chi connectivity index (χ1n) is 8.27. The average Bonchev–Trinajstić information content (AvgIpc) is 2.54. The molecule has 118 valence electrons. The SMILES string of the molecule is CCNCC(C)(CN1CCOCC1CC)c1ccccc1. The number of rotatable bonds is 7. The van der Waals surface area contributed by atoms with Crippen molar-refractivity contribution < 1.29 is 4.74 Å². The Balaban J connectivity index is 2.15. The van der Waals surface area contributed by atoms with E-state index in [1.807, 2.05) is 0 Å². The van der Waals surface area contributed by atoms with E-state index in [0.717, 1.165) is 45.8 Å². The standard InChI is InChI=1S/C18H30N2O/c1-4-17-13-21-12-11-20(17)15-18(3,14-19-5-2)16-9-7-6-8-10-16/h6-10,17,19H,4-5,11-15H2,1-3H3. The van der Waals surface area contributed by atoms with Gasteiger partial charge in [-0.15, -0.1) is 0 Å². The first kappa shape index (κ1) is 16.5. The molecule has 2 rings (SSSR count). The zero-order chi connectivity index (χ0) is 15.1. The number of morpholine rings is 1. The summed E-state index contributed by atoms with van der Waals surface area (Å²) >= 11 is 0. The van der Waals surface area contributed by atoms with E-state index < -0.39 is 0 Å². The van der Waals surface area contributed by atoms with E-state index in [4.69, 9.17) is 4.74 Å². The Hall–Kier alpha value is -0.900. The van der Waals surface area contributed by atoms with E-state index in [2.05, 4.69) is 61.3 Å². The third-order valence-corrected chi connectivity index (χ3v) is 4.61. The summed E-state index contributed by atoms with van der Waals surface area (Å²) in [5, 5.41) is 3.55. The number of benzene rings is 1. The molecule has 0 spiro atoms. The lowest BCUT2D eigenvalue weighted by Gasteiger charge is -2.42. The summed E-state index contributed by atoms with van der Waals surface area (Å²) in [6, 6.07) is 11.5. The van der Waals surface area contributed by atoms with Gasteiger partial charge in [0.25, 0.3) is 0 Å². The van der Waals surface area contributed by atoms with Crippen LogP contribution in [0.2, 0.25) is 0 Å². The Morgan fingerprint density at radius 3 is 2.71 bits per heavy atom. The van der Waals surface area contributed by atoms with Gasteiger partial charge in [0.2, 0.25) is 0 Å². The van der Waals surface area contributed by atoms with E-state index in [0.29, 0.717) is 6.04 Å². The van der Waals surface area contributed by atoms with E-state index in [-0.39, 0.29) is 5.41 Å². The Labute approximate surface area is 129 Å². The highest BCUT2D eigenvalue weighted by atomic mass is 16.5. The van der Waals surface area contributed by atoms with Gasteiger partial charge in [0.1, 0.15) is 0 Å². The van der Waals surface area contributed by atoms with E-state index in [1.165, 1.54) is 5.56 Å². The maximum absolute atomic E-state index is 5.65. The quantitative estimate of drug-likeness (QED) is 0.835. The van der Waals surface area contributed by atoms with Gasteiger partial charge in [-0.05, 0) is 18.5 Å². The van der Waals surface area contributed by atoms with Gasteiger partial charge in [0, 0.05) is 31.1 Å². The van der Waals surface area contributed by atoms with Crippen LogP contribution in [0.25, 0.3) is 0 Å². The molecular formula is C18H30N2O. The summed E-state index contributed by atoms with van der Waals surface area (Å²) in [6.45, 7) is 12.7. The van der Waals surface area contributed by atoms with Crippen LogP contribution in [0.1, 0.15) is 32.8 Å². The molecular weight excluding hydrogens is 260 g/mol. The molecule has 0 saturated carbocycles. The van der Waals surface area contributed by atoms with Gasteiger partial charge < -0.3 is 10.1 Å². The molecule has 0 aliphatic carbocycles. The molecule has 0 radical (unpaired) electrons. The summed E-state index contributed by atoms with van der Waals surface area (Å²) in [6.07, 6.45) is 1.16. The third kappa shape index (κ3) is 4.29. The molecule has 1 N–H and O–H groups in total. The number of likely N-dealkylation sites (N-methyl/N-ethyl adjacent to an activating group) is 1. The lowest BCUT2D eigenvalue weighted by Crippen LogP contribution is -2.53. The van der Waals surface area contributed by atoms with Crippen LogP contribution in [0.5, 0.6) is 0 Å². The Kier molecular flexibility index (Phi) is 6.22. The first-order valence-corrected chi connectivity index (χ1v) is 8.27. The molecule has 1 aromatic carbocycles. The van der Waals surface area contributed by atoms with Crippen LogP contribution < -0.4 is 5.32 Å². The second-order valence-corrected chi connectivity index (χ2v) is 6.31. The Morgan fingerprint density at radius 1 is 1.29 bits per heavy atom. The molecule has 0 amide bonds. The van der Waals surface area contributed by atoms with Crippen LogP contribution in [0, 0.1) is 0 Å². The number of nitrogens with zero attached hydrogens (tertiary/aromatic N) is 1. The lowest BCUT2D eigenvalue weighted by molar-refractivity contribution is -0.0176. The predicted octanol–water partition coefficient (Wildman–Crippen LogP) is 2.66. The molecule has 0 bridgehead atoms. The Morgan fingerprint density at radius 2 is 2.05 bits per heavy atom. The maximum atomic E-state index is 5.65. The van der Waals surface area contributed by atoms with Crippen molar-refractivity contribution in [3.05, 3.63) is 35.9 Å². The fraction of sp³-hybridized carbons (Fsp3) is 0.667. The number of hydrogen-bond acceptors (Lipinski definition) is 3. The van der Waals surface area contributed by atoms with E-state index >= 15 is 0 Å². The van der Waals surface area contributed by atoms with Crippen LogP contribution in [0.3, 0.4) is 0 Å². The summed E-state index contributed by atoms with van der Waals surface area (Å²) in [7, 11) is 0. The highest BCUT2D eigenvalue weighted by Gasteiger charge is 2.32. The molecule has 1 saturated heterocycles. The van der Waals surface area contributed by atoms with E-state index in [1.54, 1.807) is 0 Å². The monoisotopic (exact) mass is 290 g/mol. The zero-order valence-corrected chi connectivity index (χ0v) is 13.8. The zero-order valence-electron chi connectivity index (χ0n) is 13.8. The Bertz CT molecular complexity index is 409. The topological polar surface area (TPSA) is 24.5 Å². The van der Waals surface area contributed by atoms with Crippen molar-refractivity contribution in [2.24, 2.45) is 0 Å². The number of hydrogen-bond donors (Lipinski definition) is 1. The van der Waals surface area contributed by atoms with Crippen LogP contribution >= 0.6 is 0 Å². The molecule has 2 atom stereocenters. The van der Waals surface area contributed by atoms with Gasteiger partial charge in [-0.3, -0.25) is 4.90 Å². The maximum Gasteiger partial charge on any atom is 0.0622 e. The van der Waals surface area contributed by atoms with Gasteiger partial charge in [-0.2, -0.15) is 0 Å². The molecule has 1 heterocycles. The predicted molar refractivity (Wildman–Crippen MR) is 88.8 cm³/mol. The molecule has 1 aliphatic heterocycles. The molecule has 2 unspecified atom stereocenters. The van der Waals surface area contributed by atoms with E-state index in [9.17, 15) is 0 Å². The molecule has 3 nitrogen and oxygen atoms in total. The van der Waals surface area contributed by atoms with Crippen LogP contribution in [0.4, 0.5) is 0 Å². The van der Waals surface area contributed by atoms with Gasteiger partial charge in [0.05, 0.1) is 13.2 Å². The largest absolute Gasteiger partial charge is 0.378 e. The van der Waals surface area contributed by atoms with Crippen molar-refractivity contribution in [2.45, 2.75) is 38.6 Å². The summed E-state index contributed by atoms with van der Waals surface area (Å²) in [5.74, 6) is 0. The second-order valence-electron chi connectivity index (χ2n) is 6.31. The van der Waals surface area contributed by atoms with Crippen molar-refractivity contribution in [3.63, 3.8) is 0 Å². The van der Waals surface area contributed by atoms with Gasteiger partial charge in [-0.1, -0.05) is 51.1 Å². The molecule has 3 heteroatoms. The number of ether oxygens (including phenoxy) is 1. The van der Waals surface area contributed by atoms with Crippen molar-refractivity contribution >= 4 is 0 Å². The molecule has 1 fully saturated rings. The van der Waals surface area contributed by atoms with Crippen molar-refractivity contribution in [2.75, 3.05) is 39.4 Å². The molecule has 1 aliphatic rings. The van der Waals surface area contributed by atoms with Crippen LogP contribution in [-0.4, -0.2) is 50.3 Å². The lowest BCUT2D eigenvalue weighted by atomic mass is 9.81. The molecule has 0 aromatic heterocycles. The average molecular weight is 290 g/mol. The third-order valence-electron chi connectivity index (χ3n) is 4.61. The highest BCUT2D eigenvalue weighted by molar-refractivity contribution is 5.25. The normalized spacial score (nSPS) is 22.9. The minimum Gasteiger partial charge on any atom is -0.378 e. The fourth-order valence-electron chi connectivity index (χ4n) is 3.21. The summed E-state index contributed by atoms with van der Waals surface area (Å²) in [4.78, 5) is 2.62. The van der Waals surface area contributed by atoms with Gasteiger partial charge in [0.15, 0.2) is 0 Å². The molecule has 1 aromatic rings. The first-order chi connectivity index (χ1) is 10.2. The van der Waals surface area contributed by atoms with Gasteiger partial charge in [-0.25, -0.2) is 0 Å². The van der Waals surface area contributed by atoms with Crippen molar-refractivity contribution in [1.82, 2.24) is 10.2 Å². The minimum atomic E-state index is 0.141. The highest BCUT2D eigenvalue weighted by Crippen LogP contribution is 2.26. The smallest absolute Gasteiger partial charge is 0.0622 e. The van der Waals surface area contributed by atoms with Crippen molar-refractivity contribution in [3.8, 4) is 0 Å². The number of nitrogens with one attached hydrogen (secondary N) is 1. The van der Waals surface area contributed by atoms with Crippen molar-refractivity contribution in [1.29, 1.82) is 0 Å². The fourth-order valence-corrected chi connectivity index (χ4v) is 3.21. The second kappa shape index (κ2) is 7.92. The van der Waals surface area contributed by atoms with Crippen LogP contribution in [-0.2, 0) is 10.2 Å². The molecule has 21 heavy (non-hydrogen) atoms. The summed E-state index contributed by atoms with van der Waals surface area (Å²) in [5.41, 5.74) is 1.56. The summed E-state index contributed by atoms with van der Waals surface area (Å²) < 4.78 is 5.65. The minimum absolute atomic E-state index is 0.141.